The lowest BCUT2D eigenvalue weighted by atomic mass is 10.0. The van der Waals surface area contributed by atoms with Gasteiger partial charge in [0.25, 0.3) is 0 Å². The van der Waals surface area contributed by atoms with Gasteiger partial charge in [0.2, 0.25) is 5.91 Å². The molecule has 2 aromatic rings. The summed E-state index contributed by atoms with van der Waals surface area (Å²) in [6.07, 6.45) is 4.42. The van der Waals surface area contributed by atoms with Crippen molar-refractivity contribution in [3.63, 3.8) is 0 Å². The fourth-order valence-electron chi connectivity index (χ4n) is 5.09. The molecule has 30 heavy (non-hydrogen) atoms. The lowest BCUT2D eigenvalue weighted by Crippen LogP contribution is -2.51. The third-order valence-corrected chi connectivity index (χ3v) is 7.36. The van der Waals surface area contributed by atoms with Crippen molar-refractivity contribution in [2.24, 2.45) is 0 Å². The summed E-state index contributed by atoms with van der Waals surface area (Å²) < 4.78 is 0. The van der Waals surface area contributed by atoms with Crippen LogP contribution in [0.2, 0.25) is 10.0 Å². The summed E-state index contributed by atoms with van der Waals surface area (Å²) in [4.78, 5) is 20.6. The number of nitrogens with zero attached hydrogens (tertiary/aromatic N) is 3. The molecule has 4 nitrogen and oxygen atoms in total. The number of fused-ring (bicyclic) bond motifs is 1. The van der Waals surface area contributed by atoms with Gasteiger partial charge in [-0.15, -0.1) is 0 Å². The highest BCUT2D eigenvalue weighted by molar-refractivity contribution is 6.33. The van der Waals surface area contributed by atoms with Gasteiger partial charge in [0.05, 0.1) is 17.4 Å². The van der Waals surface area contributed by atoms with Crippen molar-refractivity contribution in [2.45, 2.75) is 50.7 Å². The largest absolute Gasteiger partial charge is 0.365 e. The Labute approximate surface area is 188 Å². The normalized spacial score (nSPS) is 22.8. The molecule has 2 heterocycles. The highest BCUT2D eigenvalue weighted by Crippen LogP contribution is 2.41. The SMILES string of the molecule is CC(c1cc(Cl)ccc1Cl)N1CCC[C@H]1C(=O)N1CCN(C2CC2)c2ccccc21. The van der Waals surface area contributed by atoms with Crippen LogP contribution in [0, 0.1) is 0 Å². The van der Waals surface area contributed by atoms with Crippen molar-refractivity contribution in [1.82, 2.24) is 4.90 Å². The molecule has 0 radical (unpaired) electrons. The zero-order chi connectivity index (χ0) is 20.8. The third kappa shape index (κ3) is 3.59. The lowest BCUT2D eigenvalue weighted by molar-refractivity contribution is -0.123. The molecule has 1 unspecified atom stereocenters. The number of likely N-dealkylation sites (tertiary alicyclic amines) is 1. The van der Waals surface area contributed by atoms with Gasteiger partial charge in [-0.1, -0.05) is 35.3 Å². The minimum absolute atomic E-state index is 0.0376. The maximum Gasteiger partial charge on any atom is 0.244 e. The number of para-hydroxylation sites is 2. The standard InChI is InChI=1S/C24H27Cl2N3O/c1-16(19-15-17(25)8-11-20(19)26)27-12-4-7-23(27)24(30)29-14-13-28(18-9-10-18)21-5-2-3-6-22(21)29/h2-3,5-6,8,11,15-16,18,23H,4,7,9-10,12-14H2,1H3/t16?,23-/m0/s1. The van der Waals surface area contributed by atoms with Crippen molar-refractivity contribution < 1.29 is 4.79 Å². The van der Waals surface area contributed by atoms with E-state index in [4.69, 9.17) is 23.2 Å². The fourth-order valence-corrected chi connectivity index (χ4v) is 5.55. The maximum absolute atomic E-state index is 13.8. The Kier molecular flexibility index (Phi) is 5.42. The van der Waals surface area contributed by atoms with Gasteiger partial charge in [0, 0.05) is 35.2 Å². The maximum atomic E-state index is 13.8. The van der Waals surface area contributed by atoms with E-state index in [9.17, 15) is 4.79 Å². The number of carbonyl (C=O) groups excluding carboxylic acids is 1. The molecule has 6 heteroatoms. The van der Waals surface area contributed by atoms with Crippen LogP contribution in [0.5, 0.6) is 0 Å². The average molecular weight is 444 g/mol. The van der Waals surface area contributed by atoms with Crippen LogP contribution in [0.25, 0.3) is 0 Å². The molecule has 1 saturated carbocycles. The molecule has 0 aromatic heterocycles. The van der Waals surface area contributed by atoms with Crippen LogP contribution in [-0.4, -0.2) is 42.5 Å². The lowest BCUT2D eigenvalue weighted by Gasteiger charge is -2.40. The highest BCUT2D eigenvalue weighted by atomic mass is 35.5. The number of halogens is 2. The van der Waals surface area contributed by atoms with Crippen molar-refractivity contribution >= 4 is 40.5 Å². The Morgan fingerprint density at radius 1 is 1.00 bits per heavy atom. The van der Waals surface area contributed by atoms with Gasteiger partial charge in [-0.25, -0.2) is 0 Å². The summed E-state index contributed by atoms with van der Waals surface area (Å²) in [6.45, 7) is 4.69. The van der Waals surface area contributed by atoms with Crippen LogP contribution in [-0.2, 0) is 4.79 Å². The van der Waals surface area contributed by atoms with E-state index in [-0.39, 0.29) is 18.0 Å². The molecule has 2 fully saturated rings. The first-order valence-corrected chi connectivity index (χ1v) is 11.7. The van der Waals surface area contributed by atoms with Crippen LogP contribution >= 0.6 is 23.2 Å². The molecule has 0 bridgehead atoms. The number of rotatable bonds is 4. The Morgan fingerprint density at radius 2 is 1.77 bits per heavy atom. The highest BCUT2D eigenvalue weighted by Gasteiger charge is 2.41. The van der Waals surface area contributed by atoms with Crippen molar-refractivity contribution in [3.8, 4) is 0 Å². The second kappa shape index (κ2) is 8.07. The van der Waals surface area contributed by atoms with Gasteiger partial charge in [-0.3, -0.25) is 9.69 Å². The number of hydrogen-bond acceptors (Lipinski definition) is 3. The predicted octanol–water partition coefficient (Wildman–Crippen LogP) is 5.53. The Hall–Kier alpha value is -1.75. The molecule has 5 rings (SSSR count). The number of carbonyl (C=O) groups is 1. The smallest absolute Gasteiger partial charge is 0.244 e. The third-order valence-electron chi connectivity index (χ3n) is 6.79. The minimum atomic E-state index is -0.129. The molecule has 3 aliphatic rings. The minimum Gasteiger partial charge on any atom is -0.365 e. The second-order valence-electron chi connectivity index (χ2n) is 8.64. The van der Waals surface area contributed by atoms with Crippen LogP contribution in [0.15, 0.2) is 42.5 Å². The average Bonchev–Trinajstić information content (AvgIpc) is 3.49. The molecule has 1 saturated heterocycles. The number of benzene rings is 2. The van der Waals surface area contributed by atoms with Crippen LogP contribution in [0.3, 0.4) is 0 Å². The van der Waals surface area contributed by atoms with E-state index in [1.807, 2.05) is 29.2 Å². The van der Waals surface area contributed by atoms with Crippen molar-refractivity contribution in [1.29, 1.82) is 0 Å². The molecule has 2 aromatic carbocycles. The van der Waals surface area contributed by atoms with E-state index in [1.165, 1.54) is 18.5 Å². The van der Waals surface area contributed by atoms with E-state index in [1.54, 1.807) is 0 Å². The van der Waals surface area contributed by atoms with Gasteiger partial charge in [0.1, 0.15) is 0 Å². The Balaban J connectivity index is 1.41. The van der Waals surface area contributed by atoms with Crippen LogP contribution < -0.4 is 9.80 Å². The second-order valence-corrected chi connectivity index (χ2v) is 9.48. The van der Waals surface area contributed by atoms with Crippen molar-refractivity contribution in [2.75, 3.05) is 29.4 Å². The van der Waals surface area contributed by atoms with E-state index >= 15 is 0 Å². The summed E-state index contributed by atoms with van der Waals surface area (Å²) >= 11 is 12.7. The fraction of sp³-hybridized carbons (Fsp3) is 0.458. The van der Waals surface area contributed by atoms with E-state index < -0.39 is 0 Å². The number of hydrogen-bond donors (Lipinski definition) is 0. The van der Waals surface area contributed by atoms with E-state index in [0.29, 0.717) is 16.1 Å². The van der Waals surface area contributed by atoms with Gasteiger partial charge < -0.3 is 9.80 Å². The molecule has 0 N–H and O–H groups in total. The molecule has 1 amide bonds. The summed E-state index contributed by atoms with van der Waals surface area (Å²) in [5.41, 5.74) is 3.25. The Morgan fingerprint density at radius 3 is 2.53 bits per heavy atom. The monoisotopic (exact) mass is 443 g/mol. The topological polar surface area (TPSA) is 26.8 Å². The predicted molar refractivity (Wildman–Crippen MR) is 124 cm³/mol. The first-order valence-electron chi connectivity index (χ1n) is 10.9. The summed E-state index contributed by atoms with van der Waals surface area (Å²) in [6, 6.07) is 14.5. The zero-order valence-corrected chi connectivity index (χ0v) is 18.7. The Bertz CT molecular complexity index is 961. The van der Waals surface area contributed by atoms with Crippen LogP contribution in [0.4, 0.5) is 11.4 Å². The molecule has 2 atom stereocenters. The zero-order valence-electron chi connectivity index (χ0n) is 17.2. The molecular formula is C24H27Cl2N3O. The van der Waals surface area contributed by atoms with Crippen LogP contribution in [0.1, 0.15) is 44.2 Å². The van der Waals surface area contributed by atoms with Gasteiger partial charge in [-0.05, 0) is 75.0 Å². The van der Waals surface area contributed by atoms with Crippen molar-refractivity contribution in [3.05, 3.63) is 58.1 Å². The molecule has 2 aliphatic heterocycles. The van der Waals surface area contributed by atoms with E-state index in [0.717, 1.165) is 43.7 Å². The number of amides is 1. The summed E-state index contributed by atoms with van der Waals surface area (Å²) in [7, 11) is 0. The summed E-state index contributed by atoms with van der Waals surface area (Å²) in [5.74, 6) is 0.209. The van der Waals surface area contributed by atoms with E-state index in [2.05, 4.69) is 34.9 Å². The van der Waals surface area contributed by atoms with Gasteiger partial charge in [0.15, 0.2) is 0 Å². The molecular weight excluding hydrogens is 417 g/mol. The first-order chi connectivity index (χ1) is 14.5. The first kappa shape index (κ1) is 20.2. The van der Waals surface area contributed by atoms with Gasteiger partial charge in [-0.2, -0.15) is 0 Å². The number of anilines is 2. The summed E-state index contributed by atoms with van der Waals surface area (Å²) in [5, 5.41) is 1.38. The van der Waals surface area contributed by atoms with Gasteiger partial charge >= 0.3 is 0 Å². The molecule has 158 valence electrons. The quantitative estimate of drug-likeness (QED) is 0.620. The molecule has 0 spiro atoms. The molecule has 1 aliphatic carbocycles.